The molecule has 8 rings (SSSR count). The highest BCUT2D eigenvalue weighted by atomic mass is 28.2. The monoisotopic (exact) mass is 703 g/mol. The van der Waals surface area contributed by atoms with Gasteiger partial charge >= 0.3 is 0 Å². The lowest BCUT2D eigenvalue weighted by Gasteiger charge is -2.37. The van der Waals surface area contributed by atoms with Crippen molar-refractivity contribution in [1.29, 1.82) is 0 Å². The van der Waals surface area contributed by atoms with Crippen LogP contribution in [0.1, 0.15) is 42.9 Å². The van der Waals surface area contributed by atoms with E-state index < -0.39 is 15.4 Å². The molecule has 0 radical (unpaired) electrons. The molecule has 0 N–H and O–H groups in total. The zero-order valence-corrected chi connectivity index (χ0v) is 31.6. The van der Waals surface area contributed by atoms with E-state index in [1.54, 1.807) is 14.2 Å². The SMILES string of the molecule is CCC[SiH2]Oc1ccc(-c2ccc(-c3cc4c(c5cc(OC)c(OC)cc35)C=CC(c3ccccc3)(c3ccc(N5CCCC5)cc3)O4)cc2)cc1. The van der Waals surface area contributed by atoms with Crippen molar-refractivity contribution in [2.45, 2.75) is 37.8 Å². The first-order valence-corrected chi connectivity index (χ1v) is 20.0. The second-order valence-electron chi connectivity index (χ2n) is 13.7. The lowest BCUT2D eigenvalue weighted by atomic mass is 9.82. The molecule has 0 saturated carbocycles. The molecule has 262 valence electrons. The minimum atomic E-state index is -0.807. The Balaban J connectivity index is 1.22. The lowest BCUT2D eigenvalue weighted by molar-refractivity contribution is 0.161. The fraction of sp³-hybridized carbons (Fsp3) is 0.217. The molecule has 0 spiro atoms. The Bertz CT molecular complexity index is 2190. The van der Waals surface area contributed by atoms with E-state index in [2.05, 4.69) is 145 Å². The molecule has 6 aromatic carbocycles. The van der Waals surface area contributed by atoms with Crippen LogP contribution in [0.25, 0.3) is 39.1 Å². The van der Waals surface area contributed by atoms with Crippen molar-refractivity contribution in [2.75, 3.05) is 32.2 Å². The molecular formula is C46H45NO4Si. The summed E-state index contributed by atoms with van der Waals surface area (Å²) in [5.74, 6) is 3.15. The summed E-state index contributed by atoms with van der Waals surface area (Å²) in [6.07, 6.45) is 8.11. The van der Waals surface area contributed by atoms with Crippen LogP contribution in [0, 0.1) is 0 Å². The molecule has 1 unspecified atom stereocenters. The average molecular weight is 704 g/mol. The number of benzene rings is 6. The molecule has 5 nitrogen and oxygen atoms in total. The molecule has 2 aliphatic heterocycles. The molecule has 1 fully saturated rings. The molecule has 0 bridgehead atoms. The molecule has 2 aliphatic rings. The van der Waals surface area contributed by atoms with E-state index in [4.69, 9.17) is 18.6 Å². The Morgan fingerprint density at radius 1 is 0.692 bits per heavy atom. The molecule has 2 heterocycles. The summed E-state index contributed by atoms with van der Waals surface area (Å²) in [6.45, 7) is 4.43. The van der Waals surface area contributed by atoms with Crippen molar-refractivity contribution >= 4 is 32.3 Å². The van der Waals surface area contributed by atoms with Crippen molar-refractivity contribution < 1.29 is 18.6 Å². The van der Waals surface area contributed by atoms with Crippen LogP contribution in [-0.4, -0.2) is 37.1 Å². The third-order valence-electron chi connectivity index (χ3n) is 10.5. The second-order valence-corrected chi connectivity index (χ2v) is 15.1. The average Bonchev–Trinajstić information content (AvgIpc) is 3.76. The van der Waals surface area contributed by atoms with E-state index in [9.17, 15) is 0 Å². The molecule has 0 amide bonds. The van der Waals surface area contributed by atoms with Gasteiger partial charge in [0.2, 0.25) is 9.76 Å². The van der Waals surface area contributed by atoms with Gasteiger partial charge in [-0.25, -0.2) is 0 Å². The van der Waals surface area contributed by atoms with Gasteiger partial charge in [0.25, 0.3) is 0 Å². The number of nitrogens with zero attached hydrogens (tertiary/aromatic N) is 1. The predicted octanol–water partition coefficient (Wildman–Crippen LogP) is 10.4. The minimum Gasteiger partial charge on any atom is -0.549 e. The molecular weight excluding hydrogens is 659 g/mol. The smallest absolute Gasteiger partial charge is 0.219 e. The van der Waals surface area contributed by atoms with Gasteiger partial charge in [0.1, 0.15) is 11.5 Å². The Morgan fingerprint density at radius 2 is 1.31 bits per heavy atom. The highest BCUT2D eigenvalue weighted by Gasteiger charge is 2.38. The van der Waals surface area contributed by atoms with Crippen LogP contribution < -0.4 is 23.5 Å². The molecule has 6 heteroatoms. The van der Waals surface area contributed by atoms with Crippen molar-refractivity contribution in [3.63, 3.8) is 0 Å². The summed E-state index contributed by atoms with van der Waals surface area (Å²) in [5.41, 5.74) is 8.11. The number of hydrogen-bond acceptors (Lipinski definition) is 5. The number of hydrogen-bond donors (Lipinski definition) is 0. The second kappa shape index (κ2) is 14.6. The molecule has 0 aliphatic carbocycles. The van der Waals surface area contributed by atoms with Gasteiger partial charge < -0.3 is 23.5 Å². The summed E-state index contributed by atoms with van der Waals surface area (Å²) >= 11 is 0. The van der Waals surface area contributed by atoms with Crippen molar-refractivity contribution in [2.24, 2.45) is 0 Å². The molecule has 0 aromatic heterocycles. The van der Waals surface area contributed by atoms with Crippen LogP contribution in [0.3, 0.4) is 0 Å². The van der Waals surface area contributed by atoms with E-state index in [1.165, 1.54) is 31.0 Å². The summed E-state index contributed by atoms with van der Waals surface area (Å²) in [7, 11) is 2.86. The maximum atomic E-state index is 7.32. The Hall–Kier alpha value is -5.46. The zero-order valence-electron chi connectivity index (χ0n) is 30.2. The first-order valence-electron chi connectivity index (χ1n) is 18.5. The number of fused-ring (bicyclic) bond motifs is 3. The Morgan fingerprint density at radius 3 is 1.96 bits per heavy atom. The van der Waals surface area contributed by atoms with Crippen LogP contribution in [0.2, 0.25) is 6.04 Å². The maximum Gasteiger partial charge on any atom is 0.219 e. The highest BCUT2D eigenvalue weighted by molar-refractivity contribution is 6.28. The predicted molar refractivity (Wildman–Crippen MR) is 217 cm³/mol. The highest BCUT2D eigenvalue weighted by Crippen LogP contribution is 2.49. The first-order chi connectivity index (χ1) is 25.6. The standard InChI is InChI=1S/C46H45NO4Si/c1-4-28-52-51-38-22-16-33(17-23-38)32-12-14-34(15-13-32)40-29-43-39(41-30-44(48-2)45(49-3)31-42(40)41)24-25-46(50-43,35-10-6-5-7-11-35)36-18-20-37(21-19-36)47-26-8-9-27-47/h5-7,10-25,29-31H,4,8-9,26-28,52H2,1-3H3. The van der Waals surface area contributed by atoms with Crippen molar-refractivity contribution in [3.8, 4) is 45.3 Å². The topological polar surface area (TPSA) is 40.2 Å². The number of methoxy groups -OCH3 is 2. The van der Waals surface area contributed by atoms with E-state index >= 15 is 0 Å². The summed E-state index contributed by atoms with van der Waals surface area (Å²) in [5, 5.41) is 2.11. The van der Waals surface area contributed by atoms with Gasteiger partial charge in [-0.2, -0.15) is 0 Å². The number of rotatable bonds is 11. The molecule has 52 heavy (non-hydrogen) atoms. The molecule has 1 saturated heterocycles. The van der Waals surface area contributed by atoms with Crippen LogP contribution >= 0.6 is 0 Å². The third-order valence-corrected chi connectivity index (χ3v) is 12.1. The zero-order chi connectivity index (χ0) is 35.5. The lowest BCUT2D eigenvalue weighted by Crippen LogP contribution is -2.34. The summed E-state index contributed by atoms with van der Waals surface area (Å²) < 4.78 is 25.0. The third kappa shape index (κ3) is 6.32. The maximum absolute atomic E-state index is 7.32. The normalized spacial score (nSPS) is 16.6. The van der Waals surface area contributed by atoms with Gasteiger partial charge in [-0.15, -0.1) is 0 Å². The summed E-state index contributed by atoms with van der Waals surface area (Å²) in [6, 6.07) is 44.3. The van der Waals surface area contributed by atoms with E-state index in [0.29, 0.717) is 11.5 Å². The van der Waals surface area contributed by atoms with Gasteiger partial charge in [-0.1, -0.05) is 92.2 Å². The molecule has 6 aromatic rings. The van der Waals surface area contributed by atoms with E-state index in [1.807, 2.05) is 0 Å². The first kappa shape index (κ1) is 33.7. The Kier molecular flexibility index (Phi) is 9.48. The van der Waals surface area contributed by atoms with Crippen LogP contribution in [0.4, 0.5) is 5.69 Å². The van der Waals surface area contributed by atoms with Gasteiger partial charge in [0.15, 0.2) is 17.1 Å². The van der Waals surface area contributed by atoms with Crippen molar-refractivity contribution in [1.82, 2.24) is 0 Å². The van der Waals surface area contributed by atoms with E-state index in [0.717, 1.165) is 74.3 Å². The summed E-state index contributed by atoms with van der Waals surface area (Å²) in [4.78, 5) is 2.47. The van der Waals surface area contributed by atoms with Gasteiger partial charge in [0.05, 0.1) is 14.2 Å². The molecule has 1 atom stereocenters. The fourth-order valence-electron chi connectivity index (χ4n) is 7.63. The van der Waals surface area contributed by atoms with Gasteiger partial charge in [-0.3, -0.25) is 0 Å². The minimum absolute atomic E-state index is 0.506. The van der Waals surface area contributed by atoms with Crippen LogP contribution in [0.15, 0.2) is 127 Å². The van der Waals surface area contributed by atoms with Crippen molar-refractivity contribution in [3.05, 3.63) is 144 Å². The largest absolute Gasteiger partial charge is 0.549 e. The quantitative estimate of drug-likeness (QED) is 0.0992. The Labute approximate surface area is 309 Å². The van der Waals surface area contributed by atoms with Gasteiger partial charge in [0, 0.05) is 35.5 Å². The number of ether oxygens (including phenoxy) is 3. The van der Waals surface area contributed by atoms with Gasteiger partial charge in [-0.05, 0) is 107 Å². The van der Waals surface area contributed by atoms with Crippen LogP contribution in [0.5, 0.6) is 23.0 Å². The number of anilines is 1. The van der Waals surface area contributed by atoms with E-state index in [-0.39, 0.29) is 0 Å². The fourth-order valence-corrected chi connectivity index (χ4v) is 8.49. The van der Waals surface area contributed by atoms with Crippen LogP contribution in [-0.2, 0) is 5.60 Å².